The summed E-state index contributed by atoms with van der Waals surface area (Å²) in [6.45, 7) is 11.7. The van der Waals surface area contributed by atoms with Gasteiger partial charge in [0.05, 0.1) is 13.2 Å². The molecule has 0 aromatic carbocycles. The number of allylic oxidation sites excluding steroid dienone is 2. The van der Waals surface area contributed by atoms with E-state index in [1.54, 1.807) is 14.2 Å². The molecule has 0 aliphatic heterocycles. The Morgan fingerprint density at radius 1 is 0.655 bits per heavy atom. The van der Waals surface area contributed by atoms with E-state index in [2.05, 4.69) is 0 Å². The average Bonchev–Trinajstić information content (AvgIpc) is 2.73. The molecule has 0 heterocycles. The van der Waals surface area contributed by atoms with Gasteiger partial charge in [-0.15, -0.1) is 0 Å². The lowest BCUT2D eigenvalue weighted by molar-refractivity contribution is -0.223. The fraction of sp³-hybridized carbons (Fsp3) is 0.818. The molecule has 0 aromatic rings. The molecule has 0 spiro atoms. The molecular weight excluding hydrogens is 376 g/mol. The Morgan fingerprint density at radius 3 is 1.38 bits per heavy atom. The van der Waals surface area contributed by atoms with Crippen molar-refractivity contribution in [3.05, 3.63) is 23.7 Å². The van der Waals surface area contributed by atoms with Crippen LogP contribution in [-0.4, -0.2) is 66.4 Å². The van der Waals surface area contributed by atoms with Gasteiger partial charge in [-0.25, -0.2) is 0 Å². The molecule has 29 heavy (non-hydrogen) atoms. The van der Waals surface area contributed by atoms with E-state index >= 15 is 0 Å². The Labute approximate surface area is 177 Å². The SMILES string of the molecule is CCOCCCC=C(OCC)C(OC)OC(OC)C(=CCCCOCC)OCC. The number of hydrogen-bond acceptors (Lipinski definition) is 7. The smallest absolute Gasteiger partial charge is 0.218 e. The first-order valence-electron chi connectivity index (χ1n) is 10.7. The number of hydrogen-bond donors (Lipinski definition) is 0. The molecule has 0 saturated heterocycles. The first-order chi connectivity index (χ1) is 14.2. The number of ether oxygens (including phenoxy) is 7. The summed E-state index contributed by atoms with van der Waals surface area (Å²) in [5.41, 5.74) is 0. The van der Waals surface area contributed by atoms with Gasteiger partial charge in [0.2, 0.25) is 12.6 Å². The Hall–Kier alpha value is -1.12. The van der Waals surface area contributed by atoms with E-state index in [1.165, 1.54) is 0 Å². The summed E-state index contributed by atoms with van der Waals surface area (Å²) in [5.74, 6) is 1.25. The second-order valence-corrected chi connectivity index (χ2v) is 6.03. The zero-order chi connectivity index (χ0) is 21.7. The summed E-state index contributed by atoms with van der Waals surface area (Å²) in [7, 11) is 3.16. The maximum atomic E-state index is 6.04. The van der Waals surface area contributed by atoms with E-state index in [4.69, 9.17) is 33.2 Å². The van der Waals surface area contributed by atoms with E-state index in [0.29, 0.717) is 37.9 Å². The van der Waals surface area contributed by atoms with Gasteiger partial charge in [-0.1, -0.05) is 0 Å². The first kappa shape index (κ1) is 27.9. The number of rotatable bonds is 20. The highest BCUT2D eigenvalue weighted by molar-refractivity contribution is 5.01. The molecule has 0 N–H and O–H groups in total. The molecule has 2 atom stereocenters. The molecule has 0 radical (unpaired) electrons. The van der Waals surface area contributed by atoms with Gasteiger partial charge >= 0.3 is 0 Å². The normalized spacial score (nSPS) is 14.7. The molecule has 0 bridgehead atoms. The minimum Gasteiger partial charge on any atom is -0.493 e. The van der Waals surface area contributed by atoms with E-state index in [9.17, 15) is 0 Å². The van der Waals surface area contributed by atoms with Crippen LogP contribution < -0.4 is 0 Å². The second-order valence-electron chi connectivity index (χ2n) is 6.03. The molecule has 172 valence electrons. The van der Waals surface area contributed by atoms with Crippen molar-refractivity contribution in [1.29, 1.82) is 0 Å². The van der Waals surface area contributed by atoms with Crippen LogP contribution >= 0.6 is 0 Å². The van der Waals surface area contributed by atoms with Gasteiger partial charge in [-0.05, 0) is 65.5 Å². The predicted octanol–water partition coefficient (Wildman–Crippen LogP) is 4.42. The zero-order valence-electron chi connectivity index (χ0n) is 19.2. The van der Waals surface area contributed by atoms with Gasteiger partial charge in [-0.2, -0.15) is 0 Å². The van der Waals surface area contributed by atoms with Crippen molar-refractivity contribution in [2.24, 2.45) is 0 Å². The third kappa shape index (κ3) is 13.7. The van der Waals surface area contributed by atoms with Crippen molar-refractivity contribution < 1.29 is 33.2 Å². The van der Waals surface area contributed by atoms with Crippen LogP contribution in [0.25, 0.3) is 0 Å². The van der Waals surface area contributed by atoms with Crippen LogP contribution in [0.2, 0.25) is 0 Å². The van der Waals surface area contributed by atoms with Crippen molar-refractivity contribution in [3.8, 4) is 0 Å². The van der Waals surface area contributed by atoms with Crippen molar-refractivity contribution >= 4 is 0 Å². The van der Waals surface area contributed by atoms with Gasteiger partial charge in [0, 0.05) is 40.6 Å². The average molecular weight is 419 g/mol. The Bertz CT molecular complexity index is 385. The van der Waals surface area contributed by atoms with Crippen LogP contribution in [0.1, 0.15) is 53.4 Å². The maximum Gasteiger partial charge on any atom is 0.218 e. The highest BCUT2D eigenvalue weighted by Gasteiger charge is 2.24. The topological polar surface area (TPSA) is 64.6 Å². The van der Waals surface area contributed by atoms with Gasteiger partial charge < -0.3 is 33.2 Å². The van der Waals surface area contributed by atoms with Crippen molar-refractivity contribution in [1.82, 2.24) is 0 Å². The molecule has 0 aromatic heterocycles. The van der Waals surface area contributed by atoms with E-state index in [1.807, 2.05) is 39.8 Å². The lowest BCUT2D eigenvalue weighted by Crippen LogP contribution is -2.30. The molecule has 0 aliphatic rings. The van der Waals surface area contributed by atoms with Crippen LogP contribution in [0.4, 0.5) is 0 Å². The van der Waals surface area contributed by atoms with Gasteiger partial charge in [-0.3, -0.25) is 0 Å². The van der Waals surface area contributed by atoms with Crippen LogP contribution in [0.5, 0.6) is 0 Å². The lowest BCUT2D eigenvalue weighted by Gasteiger charge is -2.26. The summed E-state index contributed by atoms with van der Waals surface area (Å²) in [6, 6.07) is 0. The number of unbranched alkanes of at least 4 members (excludes halogenated alkanes) is 2. The molecular formula is C22H42O7. The summed E-state index contributed by atoms with van der Waals surface area (Å²) >= 11 is 0. The molecule has 0 fully saturated rings. The molecule has 7 nitrogen and oxygen atoms in total. The maximum absolute atomic E-state index is 6.04. The van der Waals surface area contributed by atoms with Crippen molar-refractivity contribution in [2.45, 2.75) is 66.0 Å². The Kier molecular flexibility index (Phi) is 19.4. The van der Waals surface area contributed by atoms with Gasteiger partial charge in [0.1, 0.15) is 11.5 Å². The van der Waals surface area contributed by atoms with Crippen molar-refractivity contribution in [3.63, 3.8) is 0 Å². The summed E-state index contributed by atoms with van der Waals surface area (Å²) in [5, 5.41) is 0. The quantitative estimate of drug-likeness (QED) is 0.165. The molecule has 0 saturated carbocycles. The predicted molar refractivity (Wildman–Crippen MR) is 114 cm³/mol. The fourth-order valence-electron chi connectivity index (χ4n) is 2.52. The fourth-order valence-corrected chi connectivity index (χ4v) is 2.52. The monoisotopic (exact) mass is 418 g/mol. The molecule has 0 rings (SSSR count). The van der Waals surface area contributed by atoms with Gasteiger partial charge in [0.25, 0.3) is 0 Å². The molecule has 7 heteroatoms. The highest BCUT2D eigenvalue weighted by atomic mass is 16.8. The summed E-state index contributed by atoms with van der Waals surface area (Å²) in [6.07, 6.45) is 5.99. The molecule has 0 amide bonds. The molecule has 0 aliphatic carbocycles. The first-order valence-corrected chi connectivity index (χ1v) is 10.7. The minimum atomic E-state index is -0.695. The van der Waals surface area contributed by atoms with E-state index in [-0.39, 0.29) is 0 Å². The van der Waals surface area contributed by atoms with E-state index in [0.717, 1.165) is 38.9 Å². The standard InChI is InChI=1S/C22H42O7/c1-7-25-17-13-11-15-19(27-9-3)21(23-5)29-22(24-6)20(28-10-4)16-12-14-18-26-8-2/h15-16,21-22H,7-14,17-18H2,1-6H3. The van der Waals surface area contributed by atoms with Crippen LogP contribution in [-0.2, 0) is 33.2 Å². The Balaban J connectivity index is 5.04. The summed E-state index contributed by atoms with van der Waals surface area (Å²) < 4.78 is 39.4. The second kappa shape index (κ2) is 20.2. The largest absolute Gasteiger partial charge is 0.493 e. The molecule has 2 unspecified atom stereocenters. The third-order valence-electron chi connectivity index (χ3n) is 3.85. The minimum absolute atomic E-state index is 0.518. The highest BCUT2D eigenvalue weighted by Crippen LogP contribution is 2.19. The zero-order valence-corrected chi connectivity index (χ0v) is 19.2. The van der Waals surface area contributed by atoms with Crippen LogP contribution in [0.15, 0.2) is 23.7 Å². The number of methoxy groups -OCH3 is 2. The Morgan fingerprint density at radius 2 is 1.07 bits per heavy atom. The van der Waals surface area contributed by atoms with Crippen molar-refractivity contribution in [2.75, 3.05) is 53.9 Å². The van der Waals surface area contributed by atoms with E-state index < -0.39 is 12.6 Å². The lowest BCUT2D eigenvalue weighted by atomic mass is 10.2. The van der Waals surface area contributed by atoms with Crippen LogP contribution in [0.3, 0.4) is 0 Å². The van der Waals surface area contributed by atoms with Gasteiger partial charge in [0.15, 0.2) is 0 Å². The van der Waals surface area contributed by atoms with Crippen LogP contribution in [0, 0.1) is 0 Å². The summed E-state index contributed by atoms with van der Waals surface area (Å²) in [4.78, 5) is 0. The third-order valence-corrected chi connectivity index (χ3v) is 3.85.